The highest BCUT2D eigenvalue weighted by Crippen LogP contribution is 2.58. The molecule has 0 saturated heterocycles. The number of hydrogen-bond donors (Lipinski definition) is 1. The van der Waals surface area contributed by atoms with Crippen LogP contribution >= 0.6 is 11.8 Å². The van der Waals surface area contributed by atoms with Crippen molar-refractivity contribution in [3.8, 4) is 0 Å². The number of hydrogen-bond acceptors (Lipinski definition) is 2. The van der Waals surface area contributed by atoms with Crippen LogP contribution < -0.4 is 5.73 Å². The van der Waals surface area contributed by atoms with Crippen LogP contribution in [0, 0.1) is 17.3 Å². The molecule has 0 aromatic carbocycles. The predicted molar refractivity (Wildman–Crippen MR) is 48.2 cm³/mol. The quantitative estimate of drug-likeness (QED) is 0.676. The molecule has 2 heteroatoms. The zero-order valence-electron chi connectivity index (χ0n) is 7.05. The number of thioether (sulfide) groups is 1. The average Bonchev–Trinajstić information content (AvgIpc) is 2.36. The van der Waals surface area contributed by atoms with Crippen LogP contribution in [0.25, 0.3) is 0 Å². The predicted octanol–water partition coefficient (Wildman–Crippen LogP) is 1.58. The molecule has 0 aliphatic heterocycles. The first-order valence-electron chi connectivity index (χ1n) is 3.83. The molecule has 1 saturated carbocycles. The second-order valence-corrected chi connectivity index (χ2v) is 4.64. The van der Waals surface area contributed by atoms with E-state index in [4.69, 9.17) is 5.73 Å². The van der Waals surface area contributed by atoms with Crippen LogP contribution in [-0.2, 0) is 0 Å². The molecule has 2 N–H and O–H groups in total. The van der Waals surface area contributed by atoms with Crippen molar-refractivity contribution < 1.29 is 0 Å². The molecule has 0 unspecified atom stereocenters. The van der Waals surface area contributed by atoms with Crippen molar-refractivity contribution in [2.75, 3.05) is 18.6 Å². The van der Waals surface area contributed by atoms with Gasteiger partial charge in [-0.25, -0.2) is 0 Å². The summed E-state index contributed by atoms with van der Waals surface area (Å²) in [4.78, 5) is 0. The molecule has 60 valence electrons. The Morgan fingerprint density at radius 3 is 2.30 bits per heavy atom. The molecule has 0 radical (unpaired) electrons. The van der Waals surface area contributed by atoms with Crippen molar-refractivity contribution in [1.82, 2.24) is 0 Å². The van der Waals surface area contributed by atoms with Gasteiger partial charge in [0.2, 0.25) is 0 Å². The highest BCUT2D eigenvalue weighted by Gasteiger charge is 2.55. The van der Waals surface area contributed by atoms with E-state index < -0.39 is 0 Å². The smallest absolute Gasteiger partial charge is 0.00334 e. The molecule has 1 aliphatic rings. The summed E-state index contributed by atoms with van der Waals surface area (Å²) in [5.41, 5.74) is 6.16. The summed E-state index contributed by atoms with van der Waals surface area (Å²) in [6.45, 7) is 5.52. The van der Waals surface area contributed by atoms with Crippen LogP contribution in [0.5, 0.6) is 0 Å². The van der Waals surface area contributed by atoms with Crippen LogP contribution in [0.1, 0.15) is 13.8 Å². The second kappa shape index (κ2) is 2.74. The Hall–Kier alpha value is 0.310. The Labute approximate surface area is 67.8 Å². The largest absolute Gasteiger partial charge is 0.330 e. The molecule has 0 aromatic heterocycles. The fourth-order valence-corrected chi connectivity index (χ4v) is 2.86. The first kappa shape index (κ1) is 8.41. The van der Waals surface area contributed by atoms with Gasteiger partial charge in [0, 0.05) is 0 Å². The Kier molecular flexibility index (Phi) is 2.31. The first-order valence-corrected chi connectivity index (χ1v) is 5.23. The lowest BCUT2D eigenvalue weighted by Crippen LogP contribution is -2.05. The SMILES string of the molecule is CSC[C@H]1[C@H](CN)C1(C)C. The lowest BCUT2D eigenvalue weighted by atomic mass is 10.1. The van der Waals surface area contributed by atoms with Gasteiger partial charge >= 0.3 is 0 Å². The van der Waals surface area contributed by atoms with E-state index in [0.29, 0.717) is 5.41 Å². The van der Waals surface area contributed by atoms with E-state index in [1.807, 2.05) is 11.8 Å². The lowest BCUT2D eigenvalue weighted by Gasteiger charge is -1.98. The maximum atomic E-state index is 5.62. The molecule has 1 rings (SSSR count). The van der Waals surface area contributed by atoms with E-state index in [2.05, 4.69) is 20.1 Å². The first-order chi connectivity index (χ1) is 4.64. The average molecular weight is 159 g/mol. The second-order valence-electron chi connectivity index (χ2n) is 3.73. The van der Waals surface area contributed by atoms with E-state index >= 15 is 0 Å². The van der Waals surface area contributed by atoms with Crippen LogP contribution in [-0.4, -0.2) is 18.6 Å². The lowest BCUT2D eigenvalue weighted by molar-refractivity contribution is 0.549. The molecule has 0 heterocycles. The van der Waals surface area contributed by atoms with Crippen molar-refractivity contribution in [1.29, 1.82) is 0 Å². The van der Waals surface area contributed by atoms with E-state index in [1.54, 1.807) is 0 Å². The minimum absolute atomic E-state index is 0.539. The van der Waals surface area contributed by atoms with Gasteiger partial charge in [-0.3, -0.25) is 0 Å². The maximum Gasteiger partial charge on any atom is -0.00334 e. The van der Waals surface area contributed by atoms with Crippen LogP contribution in [0.2, 0.25) is 0 Å². The summed E-state index contributed by atoms with van der Waals surface area (Å²) in [6, 6.07) is 0. The van der Waals surface area contributed by atoms with Gasteiger partial charge in [-0.2, -0.15) is 11.8 Å². The Morgan fingerprint density at radius 1 is 1.40 bits per heavy atom. The van der Waals surface area contributed by atoms with Gasteiger partial charge in [-0.1, -0.05) is 13.8 Å². The molecular formula is C8H17NS. The summed E-state index contributed by atoms with van der Waals surface area (Å²) in [5, 5.41) is 0. The molecule has 1 nitrogen and oxygen atoms in total. The standard InChI is InChI=1S/C8H17NS/c1-8(2)6(4-9)7(8)5-10-3/h6-7H,4-5,9H2,1-3H3/t6-,7-/m0/s1. The molecule has 0 spiro atoms. The Bertz CT molecular complexity index is 122. The third-order valence-corrected chi connectivity index (χ3v) is 3.58. The van der Waals surface area contributed by atoms with Crippen molar-refractivity contribution >= 4 is 11.8 Å². The highest BCUT2D eigenvalue weighted by atomic mass is 32.2. The fourth-order valence-electron chi connectivity index (χ4n) is 1.84. The van der Waals surface area contributed by atoms with Crippen LogP contribution in [0.3, 0.4) is 0 Å². The van der Waals surface area contributed by atoms with Crippen molar-refractivity contribution in [2.45, 2.75) is 13.8 Å². The summed E-state index contributed by atoms with van der Waals surface area (Å²) in [7, 11) is 0. The molecule has 0 amide bonds. The van der Waals surface area contributed by atoms with Crippen molar-refractivity contribution in [3.63, 3.8) is 0 Å². The van der Waals surface area contributed by atoms with E-state index in [9.17, 15) is 0 Å². The van der Waals surface area contributed by atoms with Gasteiger partial charge in [0.05, 0.1) is 0 Å². The summed E-state index contributed by atoms with van der Waals surface area (Å²) in [5.74, 6) is 2.96. The van der Waals surface area contributed by atoms with Gasteiger partial charge in [0.1, 0.15) is 0 Å². The molecule has 1 fully saturated rings. The third-order valence-electron chi connectivity index (χ3n) is 2.89. The van der Waals surface area contributed by atoms with Crippen molar-refractivity contribution in [3.05, 3.63) is 0 Å². The molecule has 2 atom stereocenters. The topological polar surface area (TPSA) is 26.0 Å². The minimum Gasteiger partial charge on any atom is -0.330 e. The molecule has 0 aromatic rings. The van der Waals surface area contributed by atoms with E-state index in [-0.39, 0.29) is 0 Å². The maximum absolute atomic E-state index is 5.62. The van der Waals surface area contributed by atoms with E-state index in [1.165, 1.54) is 5.75 Å². The summed E-state index contributed by atoms with van der Waals surface area (Å²) >= 11 is 1.94. The fraction of sp³-hybridized carbons (Fsp3) is 1.00. The molecule has 1 aliphatic carbocycles. The monoisotopic (exact) mass is 159 g/mol. The van der Waals surface area contributed by atoms with Gasteiger partial charge in [0.15, 0.2) is 0 Å². The van der Waals surface area contributed by atoms with E-state index in [0.717, 1.165) is 18.4 Å². The highest BCUT2D eigenvalue weighted by molar-refractivity contribution is 7.98. The molecule has 10 heavy (non-hydrogen) atoms. The van der Waals surface area contributed by atoms with Gasteiger partial charge in [0.25, 0.3) is 0 Å². The van der Waals surface area contributed by atoms with Gasteiger partial charge < -0.3 is 5.73 Å². The Balaban J connectivity index is 2.37. The third kappa shape index (κ3) is 1.19. The van der Waals surface area contributed by atoms with Gasteiger partial charge in [-0.05, 0) is 35.8 Å². The number of nitrogens with two attached hydrogens (primary N) is 1. The normalized spacial score (nSPS) is 36.0. The summed E-state index contributed by atoms with van der Waals surface area (Å²) in [6.07, 6.45) is 2.17. The zero-order valence-corrected chi connectivity index (χ0v) is 7.87. The molecule has 0 bridgehead atoms. The van der Waals surface area contributed by atoms with Crippen LogP contribution in [0.4, 0.5) is 0 Å². The Morgan fingerprint density at radius 2 is 2.00 bits per heavy atom. The summed E-state index contributed by atoms with van der Waals surface area (Å²) < 4.78 is 0. The molecular weight excluding hydrogens is 142 g/mol. The van der Waals surface area contributed by atoms with Crippen molar-refractivity contribution in [2.24, 2.45) is 23.0 Å². The van der Waals surface area contributed by atoms with Gasteiger partial charge in [-0.15, -0.1) is 0 Å². The minimum atomic E-state index is 0.539. The number of rotatable bonds is 3. The van der Waals surface area contributed by atoms with Crippen LogP contribution in [0.15, 0.2) is 0 Å². The zero-order chi connectivity index (χ0) is 7.78.